The smallest absolute Gasteiger partial charge is 0.314 e. The van der Waals surface area contributed by atoms with Crippen molar-refractivity contribution in [1.29, 1.82) is 0 Å². The highest BCUT2D eigenvalue weighted by molar-refractivity contribution is 7.28. The van der Waals surface area contributed by atoms with Crippen LogP contribution in [-0.2, 0) is 4.74 Å². The number of rotatable bonds is 1. The highest BCUT2D eigenvalue weighted by atomic mass is 35.7. The Bertz CT molecular complexity index is 636. The molecule has 22 heavy (non-hydrogen) atoms. The minimum atomic E-state index is -4.94. The van der Waals surface area contributed by atoms with E-state index in [0.717, 1.165) is 26.3 Å². The standard InChI is InChI=1S/C13H14NOS2.ClHO4/c1-2-4-11(5-3-1)12-10-16-13(17-12)14-6-8-15-9-7-14;2-1(3,4)5/h1-5,10H,6-9H2;(H,2,3,4,5)/q+1;/p-1. The van der Waals surface area contributed by atoms with Gasteiger partial charge in [0.2, 0.25) is 0 Å². The number of morpholine rings is 1. The van der Waals surface area contributed by atoms with E-state index in [1.165, 1.54) is 14.4 Å². The first kappa shape index (κ1) is 17.5. The highest BCUT2D eigenvalue weighted by Gasteiger charge is 2.14. The Morgan fingerprint density at radius 1 is 1.00 bits per heavy atom. The third-order valence-corrected chi connectivity index (χ3v) is 5.30. The van der Waals surface area contributed by atoms with Crippen molar-refractivity contribution in [2.24, 2.45) is 0 Å². The van der Waals surface area contributed by atoms with E-state index in [0.29, 0.717) is 0 Å². The maximum Gasteiger partial charge on any atom is 0.314 e. The molecule has 0 bridgehead atoms. The Balaban J connectivity index is 0.000000309. The molecule has 1 aliphatic rings. The van der Waals surface area contributed by atoms with Crippen molar-refractivity contribution in [3.63, 3.8) is 0 Å². The molecule has 1 saturated heterocycles. The molecule has 1 aromatic heterocycles. The fourth-order valence-electron chi connectivity index (χ4n) is 1.86. The first-order chi connectivity index (χ1) is 10.4. The number of hydrogen-bond donors (Lipinski definition) is 0. The molecule has 2 heterocycles. The molecule has 0 spiro atoms. The van der Waals surface area contributed by atoms with Gasteiger partial charge in [-0.3, -0.25) is 0 Å². The molecule has 0 N–H and O–H groups in total. The van der Waals surface area contributed by atoms with E-state index in [2.05, 4.69) is 40.3 Å². The fraction of sp³-hybridized carbons (Fsp3) is 0.308. The topological polar surface area (TPSA) is 104 Å². The summed E-state index contributed by atoms with van der Waals surface area (Å²) in [5.74, 6) is 0. The van der Waals surface area contributed by atoms with Crippen LogP contribution in [0.2, 0.25) is 0 Å². The molecule has 1 fully saturated rings. The molecule has 1 aromatic carbocycles. The number of ether oxygens (including phenoxy) is 1. The van der Waals surface area contributed by atoms with Crippen molar-refractivity contribution in [2.75, 3.05) is 26.3 Å². The van der Waals surface area contributed by atoms with Gasteiger partial charge in [0.05, 0.1) is 4.88 Å². The highest BCUT2D eigenvalue weighted by Crippen LogP contribution is 2.23. The Morgan fingerprint density at radius 2 is 1.59 bits per heavy atom. The van der Waals surface area contributed by atoms with Crippen molar-refractivity contribution in [3.05, 3.63) is 39.7 Å². The Morgan fingerprint density at radius 3 is 2.18 bits per heavy atom. The molecule has 0 aliphatic carbocycles. The van der Waals surface area contributed by atoms with E-state index in [4.69, 9.17) is 23.4 Å². The summed E-state index contributed by atoms with van der Waals surface area (Å²) < 4.78 is 43.2. The number of benzene rings is 1. The molecule has 9 heteroatoms. The summed E-state index contributed by atoms with van der Waals surface area (Å²) in [4.78, 5) is 1.36. The monoisotopic (exact) mass is 363 g/mol. The summed E-state index contributed by atoms with van der Waals surface area (Å²) in [6.45, 7) is 3.74. The zero-order valence-corrected chi connectivity index (χ0v) is 13.9. The zero-order chi connectivity index (χ0) is 16.0. The van der Waals surface area contributed by atoms with Gasteiger partial charge in [0, 0.05) is 5.38 Å². The molecule has 0 atom stereocenters. The van der Waals surface area contributed by atoms with Gasteiger partial charge in [-0.1, -0.05) is 53.0 Å². The molecule has 0 saturated carbocycles. The van der Waals surface area contributed by atoms with Gasteiger partial charge in [-0.15, -0.1) is 10.2 Å². The number of hydrogen-bond acceptors (Lipinski definition) is 7. The van der Waals surface area contributed by atoms with E-state index in [1.807, 2.05) is 22.7 Å². The van der Waals surface area contributed by atoms with Crippen LogP contribution in [0.15, 0.2) is 35.7 Å². The van der Waals surface area contributed by atoms with Crippen LogP contribution in [0, 0.1) is 10.2 Å². The average molecular weight is 364 g/mol. The molecular weight excluding hydrogens is 350 g/mol. The lowest BCUT2D eigenvalue weighted by Gasteiger charge is -2.17. The Labute approximate surface area is 137 Å². The first-order valence-electron chi connectivity index (χ1n) is 6.35. The maximum absolute atomic E-state index is 8.49. The zero-order valence-electron chi connectivity index (χ0n) is 11.5. The minimum Gasteiger partial charge on any atom is -0.368 e. The molecule has 0 amide bonds. The molecule has 2 aromatic rings. The van der Waals surface area contributed by atoms with Crippen LogP contribution in [0.25, 0.3) is 10.4 Å². The van der Waals surface area contributed by atoms with Gasteiger partial charge in [0.25, 0.3) is 0 Å². The molecule has 3 rings (SSSR count). The van der Waals surface area contributed by atoms with Crippen molar-refractivity contribution in [1.82, 2.24) is 4.58 Å². The lowest BCUT2D eigenvalue weighted by Crippen LogP contribution is -2.68. The normalized spacial score (nSPS) is 15.2. The summed E-state index contributed by atoms with van der Waals surface area (Å²) in [6, 6.07) is 10.6. The van der Waals surface area contributed by atoms with Crippen molar-refractivity contribution in [3.8, 4) is 10.4 Å². The van der Waals surface area contributed by atoms with Gasteiger partial charge >= 0.3 is 3.98 Å². The second-order valence-corrected chi connectivity index (χ2v) is 7.21. The van der Waals surface area contributed by atoms with Gasteiger partial charge < -0.3 is 4.74 Å². The lowest BCUT2D eigenvalue weighted by atomic mass is 10.2. The van der Waals surface area contributed by atoms with E-state index >= 15 is 0 Å². The molecule has 120 valence electrons. The Hall–Kier alpha value is -0.840. The lowest BCUT2D eigenvalue weighted by molar-refractivity contribution is -2.00. The summed E-state index contributed by atoms with van der Waals surface area (Å²) in [6.07, 6.45) is 0. The molecular formula is C13H14ClNO5S2. The van der Waals surface area contributed by atoms with Crippen LogP contribution < -0.4 is 27.2 Å². The third-order valence-electron chi connectivity index (χ3n) is 2.79. The van der Waals surface area contributed by atoms with Gasteiger partial charge in [0.15, 0.2) is 13.1 Å². The van der Waals surface area contributed by atoms with Crippen molar-refractivity contribution in [2.45, 2.75) is 0 Å². The number of nitrogens with zero attached hydrogens (tertiary/aromatic N) is 1. The summed E-state index contributed by atoms with van der Waals surface area (Å²) in [5.41, 5.74) is 1.31. The van der Waals surface area contributed by atoms with Crippen molar-refractivity contribution < 1.29 is 33.6 Å². The quantitative estimate of drug-likeness (QED) is 0.522. The second kappa shape index (κ2) is 8.14. The molecule has 6 nitrogen and oxygen atoms in total. The van der Waals surface area contributed by atoms with E-state index in [-0.39, 0.29) is 0 Å². The van der Waals surface area contributed by atoms with E-state index in [9.17, 15) is 0 Å². The van der Waals surface area contributed by atoms with Crippen LogP contribution in [0.3, 0.4) is 0 Å². The van der Waals surface area contributed by atoms with Gasteiger partial charge in [-0.05, 0) is 5.56 Å². The van der Waals surface area contributed by atoms with Crippen LogP contribution in [0.5, 0.6) is 0 Å². The summed E-state index contributed by atoms with van der Waals surface area (Å²) >= 11 is 3.72. The Kier molecular flexibility index (Phi) is 6.48. The van der Waals surface area contributed by atoms with Crippen molar-refractivity contribution >= 4 is 22.7 Å². The van der Waals surface area contributed by atoms with E-state index in [1.54, 1.807) is 0 Å². The fourth-order valence-corrected chi connectivity index (χ4v) is 4.23. The largest absolute Gasteiger partial charge is 0.368 e. The van der Waals surface area contributed by atoms with Crippen LogP contribution in [-0.4, -0.2) is 26.3 Å². The number of halogens is 1. The molecule has 1 aliphatic heterocycles. The van der Waals surface area contributed by atoms with Gasteiger partial charge in [0.1, 0.15) is 13.2 Å². The predicted molar refractivity (Wildman–Crippen MR) is 73.5 cm³/mol. The van der Waals surface area contributed by atoms with Gasteiger partial charge in [-0.2, -0.15) is 0 Å². The molecule has 0 unspecified atom stereocenters. The third kappa shape index (κ3) is 6.11. The average Bonchev–Trinajstić information content (AvgIpc) is 2.97. The second-order valence-electron chi connectivity index (χ2n) is 4.31. The molecule has 0 radical (unpaired) electrons. The predicted octanol–water partition coefficient (Wildman–Crippen LogP) is -2.48. The minimum absolute atomic E-state index is 0.852. The SMILES string of the molecule is [O-][Cl+3]([O-])([O-])[O-].c1ccc(-c2csc(=[N+]3CCOCC3)s2)cc1. The van der Waals surface area contributed by atoms with Crippen LogP contribution >= 0.6 is 22.7 Å². The maximum atomic E-state index is 8.49. The summed E-state index contributed by atoms with van der Waals surface area (Å²) in [7, 11) is -4.94. The van der Waals surface area contributed by atoms with Gasteiger partial charge in [-0.25, -0.2) is 23.2 Å². The first-order valence-corrected chi connectivity index (χ1v) is 9.28. The van der Waals surface area contributed by atoms with Crippen LogP contribution in [0.4, 0.5) is 0 Å². The van der Waals surface area contributed by atoms with E-state index < -0.39 is 10.2 Å². The van der Waals surface area contributed by atoms with Crippen LogP contribution in [0.1, 0.15) is 0 Å². The summed E-state index contributed by atoms with van der Waals surface area (Å²) in [5, 5.41) is 2.25.